The van der Waals surface area contributed by atoms with Crippen molar-refractivity contribution >= 4 is 21.8 Å². The molecule has 0 unspecified atom stereocenters. The Labute approximate surface area is 86.9 Å². The molecule has 0 bridgehead atoms. The van der Waals surface area contributed by atoms with Crippen LogP contribution in [0.25, 0.3) is 21.8 Å². The topological polar surface area (TPSA) is 61.5 Å². The molecule has 0 aliphatic rings. The second-order valence-corrected chi connectivity index (χ2v) is 3.38. The second kappa shape index (κ2) is 2.88. The van der Waals surface area contributed by atoms with Gasteiger partial charge in [0.15, 0.2) is 0 Å². The van der Waals surface area contributed by atoms with Crippen molar-refractivity contribution in [1.29, 1.82) is 0 Å². The van der Waals surface area contributed by atoms with E-state index < -0.39 is 17.2 Å². The Kier molecular flexibility index (Phi) is 1.62. The first-order chi connectivity index (χ1) is 7.68. The van der Waals surface area contributed by atoms with E-state index in [9.17, 15) is 13.6 Å². The van der Waals surface area contributed by atoms with E-state index in [1.807, 2.05) is 0 Å². The first kappa shape index (κ1) is 9.02. The number of hydrogen-bond acceptors (Lipinski definition) is 2. The van der Waals surface area contributed by atoms with Crippen molar-refractivity contribution in [3.63, 3.8) is 0 Å². The van der Waals surface area contributed by atoms with E-state index in [-0.39, 0.29) is 21.8 Å². The summed E-state index contributed by atoms with van der Waals surface area (Å²) in [7, 11) is 0. The molecule has 0 saturated heterocycles. The highest BCUT2D eigenvalue weighted by Gasteiger charge is 2.13. The molecule has 0 amide bonds. The van der Waals surface area contributed by atoms with Crippen molar-refractivity contribution in [3.05, 3.63) is 40.3 Å². The number of aromatic nitrogens is 3. The Hall–Kier alpha value is -2.24. The van der Waals surface area contributed by atoms with Crippen LogP contribution in [-0.2, 0) is 0 Å². The van der Waals surface area contributed by atoms with Crippen LogP contribution in [-0.4, -0.2) is 15.2 Å². The van der Waals surface area contributed by atoms with Crippen LogP contribution in [0.1, 0.15) is 0 Å². The van der Waals surface area contributed by atoms with Gasteiger partial charge in [-0.15, -0.1) is 0 Å². The van der Waals surface area contributed by atoms with Crippen LogP contribution in [0.15, 0.2) is 23.1 Å². The molecule has 3 aromatic rings. The van der Waals surface area contributed by atoms with Gasteiger partial charge in [0.2, 0.25) is 0 Å². The van der Waals surface area contributed by atoms with E-state index in [1.165, 1.54) is 6.20 Å². The zero-order chi connectivity index (χ0) is 11.3. The van der Waals surface area contributed by atoms with Gasteiger partial charge >= 0.3 is 0 Å². The monoisotopic (exact) mass is 221 g/mol. The van der Waals surface area contributed by atoms with Gasteiger partial charge in [-0.1, -0.05) is 0 Å². The van der Waals surface area contributed by atoms with E-state index in [1.54, 1.807) is 0 Å². The number of aromatic amines is 2. The smallest absolute Gasteiger partial charge is 0.273 e. The highest BCUT2D eigenvalue weighted by molar-refractivity contribution is 6.02. The fourth-order valence-electron chi connectivity index (χ4n) is 1.72. The summed E-state index contributed by atoms with van der Waals surface area (Å²) in [4.78, 5) is 15.0. The molecule has 0 saturated carbocycles. The van der Waals surface area contributed by atoms with Gasteiger partial charge < -0.3 is 0 Å². The van der Waals surface area contributed by atoms with Gasteiger partial charge in [0, 0.05) is 6.20 Å². The third kappa shape index (κ3) is 1.01. The number of halogens is 2. The molecule has 6 heteroatoms. The minimum Gasteiger partial charge on any atom is -0.297 e. The number of benzene rings is 1. The molecule has 16 heavy (non-hydrogen) atoms. The molecule has 0 aliphatic carbocycles. The predicted octanol–water partition coefficient (Wildman–Crippen LogP) is 1.68. The minimum atomic E-state index is -0.625. The first-order valence-corrected chi connectivity index (χ1v) is 4.51. The maximum atomic E-state index is 13.6. The van der Waals surface area contributed by atoms with Gasteiger partial charge in [-0.3, -0.25) is 20.0 Å². The lowest BCUT2D eigenvalue weighted by atomic mass is 10.1. The molecule has 4 nitrogen and oxygen atoms in total. The standard InChI is InChI=1S/C10H5F2N3O/c11-5-1-2-6(12)9-7(5)8-4(3-13-9)10(16)15-14-8/h1-3H,(H2,14,15,16). The summed E-state index contributed by atoms with van der Waals surface area (Å²) >= 11 is 0. The van der Waals surface area contributed by atoms with Gasteiger partial charge in [-0.05, 0) is 12.1 Å². The van der Waals surface area contributed by atoms with Crippen molar-refractivity contribution < 1.29 is 8.78 Å². The molecule has 2 N–H and O–H groups in total. The van der Waals surface area contributed by atoms with Crippen molar-refractivity contribution in [2.24, 2.45) is 0 Å². The quantitative estimate of drug-likeness (QED) is 0.606. The van der Waals surface area contributed by atoms with Gasteiger partial charge in [-0.2, -0.15) is 0 Å². The van der Waals surface area contributed by atoms with Gasteiger partial charge in [-0.25, -0.2) is 8.78 Å². The third-order valence-electron chi connectivity index (χ3n) is 2.47. The molecule has 2 heterocycles. The van der Waals surface area contributed by atoms with Crippen LogP contribution >= 0.6 is 0 Å². The number of nitrogens with zero attached hydrogens (tertiary/aromatic N) is 1. The summed E-state index contributed by atoms with van der Waals surface area (Å²) in [6.45, 7) is 0. The molecular formula is C10H5F2N3O. The van der Waals surface area contributed by atoms with E-state index in [0.717, 1.165) is 12.1 Å². The number of pyridine rings is 1. The van der Waals surface area contributed by atoms with Crippen molar-refractivity contribution in [3.8, 4) is 0 Å². The lowest BCUT2D eigenvalue weighted by molar-refractivity contribution is 0.616. The zero-order valence-electron chi connectivity index (χ0n) is 7.84. The van der Waals surface area contributed by atoms with Crippen molar-refractivity contribution in [2.75, 3.05) is 0 Å². The molecule has 0 aliphatic heterocycles. The van der Waals surface area contributed by atoms with Crippen LogP contribution in [0, 0.1) is 11.6 Å². The largest absolute Gasteiger partial charge is 0.297 e. The fraction of sp³-hybridized carbons (Fsp3) is 0. The molecule has 1 aromatic carbocycles. The minimum absolute atomic E-state index is 0.0177. The second-order valence-electron chi connectivity index (χ2n) is 3.38. The fourth-order valence-corrected chi connectivity index (χ4v) is 1.72. The summed E-state index contributed by atoms with van der Waals surface area (Å²) in [5, 5.41) is 5.01. The highest BCUT2D eigenvalue weighted by Crippen LogP contribution is 2.24. The molecular weight excluding hydrogens is 216 g/mol. The Morgan fingerprint density at radius 2 is 1.88 bits per heavy atom. The molecule has 80 valence electrons. The van der Waals surface area contributed by atoms with Gasteiger partial charge in [0.05, 0.1) is 16.3 Å². The lowest BCUT2D eigenvalue weighted by Crippen LogP contribution is -1.98. The molecule has 2 aromatic heterocycles. The van der Waals surface area contributed by atoms with Crippen molar-refractivity contribution in [2.45, 2.75) is 0 Å². The maximum absolute atomic E-state index is 13.6. The summed E-state index contributed by atoms with van der Waals surface area (Å²) in [5.41, 5.74) is -0.275. The molecule has 3 rings (SSSR count). The number of hydrogen-bond donors (Lipinski definition) is 2. The van der Waals surface area contributed by atoms with Crippen molar-refractivity contribution in [1.82, 2.24) is 15.2 Å². The van der Waals surface area contributed by atoms with E-state index >= 15 is 0 Å². The summed E-state index contributed by atoms with van der Waals surface area (Å²) in [5.74, 6) is -1.25. The van der Waals surface area contributed by atoms with E-state index in [4.69, 9.17) is 0 Å². The molecule has 0 fully saturated rings. The van der Waals surface area contributed by atoms with Crippen LogP contribution in [0.5, 0.6) is 0 Å². The summed E-state index contributed by atoms with van der Waals surface area (Å²) < 4.78 is 26.9. The summed E-state index contributed by atoms with van der Waals surface area (Å²) in [6.07, 6.45) is 1.22. The zero-order valence-corrected chi connectivity index (χ0v) is 7.84. The molecule has 0 spiro atoms. The van der Waals surface area contributed by atoms with Gasteiger partial charge in [0.1, 0.15) is 17.2 Å². The van der Waals surface area contributed by atoms with E-state index in [2.05, 4.69) is 15.2 Å². The number of rotatable bonds is 0. The van der Waals surface area contributed by atoms with Crippen LogP contribution in [0.3, 0.4) is 0 Å². The Morgan fingerprint density at radius 1 is 1.12 bits per heavy atom. The average Bonchev–Trinajstić information content (AvgIpc) is 2.66. The molecule has 0 radical (unpaired) electrons. The Balaban J connectivity index is 2.70. The van der Waals surface area contributed by atoms with Crippen LogP contribution < -0.4 is 5.56 Å². The highest BCUT2D eigenvalue weighted by atomic mass is 19.1. The number of H-pyrrole nitrogens is 2. The normalized spacial score (nSPS) is 11.4. The Morgan fingerprint density at radius 3 is 2.69 bits per heavy atom. The number of nitrogens with one attached hydrogen (secondary N) is 2. The predicted molar refractivity (Wildman–Crippen MR) is 54.1 cm³/mol. The third-order valence-corrected chi connectivity index (χ3v) is 2.47. The lowest BCUT2D eigenvalue weighted by Gasteiger charge is -2.00. The van der Waals surface area contributed by atoms with E-state index in [0.29, 0.717) is 0 Å². The average molecular weight is 221 g/mol. The SMILES string of the molecule is O=c1[nH][nH]c2c1cnc1c(F)ccc(F)c12. The summed E-state index contributed by atoms with van der Waals surface area (Å²) in [6, 6.07) is 2.01. The Bertz CT molecular complexity index is 760. The molecule has 0 atom stereocenters. The number of fused-ring (bicyclic) bond motifs is 3. The van der Waals surface area contributed by atoms with Crippen LogP contribution in [0.4, 0.5) is 8.78 Å². The van der Waals surface area contributed by atoms with Crippen LogP contribution in [0.2, 0.25) is 0 Å². The first-order valence-electron chi connectivity index (χ1n) is 4.51. The van der Waals surface area contributed by atoms with Gasteiger partial charge in [0.25, 0.3) is 5.56 Å². The maximum Gasteiger partial charge on any atom is 0.273 e.